The predicted octanol–water partition coefficient (Wildman–Crippen LogP) is 5.00. The average molecular weight is 435 g/mol. The number of hydrogen-bond donors (Lipinski definition) is 1. The van der Waals surface area contributed by atoms with E-state index in [2.05, 4.69) is 5.32 Å². The van der Waals surface area contributed by atoms with E-state index in [-0.39, 0.29) is 41.0 Å². The Hall–Kier alpha value is -2.75. The molecular formula is C21H20Cl2N2O4. The summed E-state index contributed by atoms with van der Waals surface area (Å²) < 4.78 is 10.4. The number of ketones is 1. The normalized spacial score (nSPS) is 11.3. The molecule has 1 atom stereocenters. The van der Waals surface area contributed by atoms with Gasteiger partial charge in [0.25, 0.3) is 0 Å². The number of halogens is 2. The predicted molar refractivity (Wildman–Crippen MR) is 112 cm³/mol. The Morgan fingerprint density at radius 2 is 1.79 bits per heavy atom. The summed E-state index contributed by atoms with van der Waals surface area (Å²) in [7, 11) is 3.02. The van der Waals surface area contributed by atoms with Crippen molar-refractivity contribution in [2.24, 2.45) is 0 Å². The maximum absolute atomic E-state index is 12.5. The van der Waals surface area contributed by atoms with E-state index in [0.29, 0.717) is 22.7 Å². The zero-order valence-corrected chi connectivity index (χ0v) is 17.5. The summed E-state index contributed by atoms with van der Waals surface area (Å²) in [6, 6.07) is 11.8. The number of Topliss-reactive ketones (excluding diaryl/α,β-unsaturated/α-hetero) is 1. The van der Waals surface area contributed by atoms with Crippen LogP contribution in [0.25, 0.3) is 0 Å². The van der Waals surface area contributed by atoms with E-state index in [1.807, 2.05) is 6.07 Å². The first-order chi connectivity index (χ1) is 13.9. The Kier molecular flexibility index (Phi) is 8.32. The van der Waals surface area contributed by atoms with Gasteiger partial charge in [-0.3, -0.25) is 9.59 Å². The van der Waals surface area contributed by atoms with Gasteiger partial charge in [-0.25, -0.2) is 0 Å². The molecule has 0 fully saturated rings. The molecule has 0 aliphatic rings. The highest BCUT2D eigenvalue weighted by Gasteiger charge is 2.25. The van der Waals surface area contributed by atoms with Crippen LogP contribution in [0.4, 0.5) is 5.69 Å². The molecule has 1 amide bonds. The van der Waals surface area contributed by atoms with Crippen LogP contribution in [0, 0.1) is 11.3 Å². The first-order valence-corrected chi connectivity index (χ1v) is 9.55. The summed E-state index contributed by atoms with van der Waals surface area (Å²) in [6.45, 7) is 0. The third-order valence-corrected chi connectivity index (χ3v) is 4.91. The Balaban J connectivity index is 1.96. The second kappa shape index (κ2) is 10.7. The summed E-state index contributed by atoms with van der Waals surface area (Å²) in [4.78, 5) is 24.7. The molecule has 0 heterocycles. The number of carbonyl (C=O) groups excluding carboxylic acids is 2. The number of amides is 1. The van der Waals surface area contributed by atoms with Gasteiger partial charge in [0.2, 0.25) is 5.91 Å². The van der Waals surface area contributed by atoms with Crippen molar-refractivity contribution in [2.45, 2.75) is 25.2 Å². The molecule has 29 heavy (non-hydrogen) atoms. The highest BCUT2D eigenvalue weighted by atomic mass is 35.5. The van der Waals surface area contributed by atoms with Crippen LogP contribution < -0.4 is 14.8 Å². The van der Waals surface area contributed by atoms with Crippen molar-refractivity contribution in [1.82, 2.24) is 0 Å². The molecule has 0 aromatic heterocycles. The molecule has 0 bridgehead atoms. The lowest BCUT2D eigenvalue weighted by Gasteiger charge is -2.13. The lowest BCUT2D eigenvalue weighted by atomic mass is 9.93. The van der Waals surface area contributed by atoms with Crippen molar-refractivity contribution >= 4 is 40.6 Å². The number of nitrogens with zero attached hydrogens (tertiary/aromatic N) is 1. The van der Waals surface area contributed by atoms with Gasteiger partial charge in [0.15, 0.2) is 5.78 Å². The Bertz CT molecular complexity index is 921. The standard InChI is InChI=1S/C21H20Cl2N2O4/c1-28-13-9-10-19(29-2)17(11-13)25-20(27)8-4-7-18(26)14(12-24)21-15(22)5-3-6-16(21)23/h3,5-6,9-11,14H,4,7-8H2,1-2H3,(H,25,27)/t14-/m0/s1. The number of benzene rings is 2. The summed E-state index contributed by atoms with van der Waals surface area (Å²) in [5.74, 6) is -0.626. The average Bonchev–Trinajstić information content (AvgIpc) is 2.70. The van der Waals surface area contributed by atoms with Crippen LogP contribution in [-0.2, 0) is 9.59 Å². The number of nitrogens with one attached hydrogen (secondary N) is 1. The van der Waals surface area contributed by atoms with Gasteiger partial charge in [0, 0.05) is 34.5 Å². The van der Waals surface area contributed by atoms with Gasteiger partial charge in [-0.05, 0) is 30.7 Å². The lowest BCUT2D eigenvalue weighted by Crippen LogP contribution is -2.15. The van der Waals surface area contributed by atoms with Crippen molar-refractivity contribution in [1.29, 1.82) is 5.26 Å². The zero-order valence-electron chi connectivity index (χ0n) is 16.0. The quantitative estimate of drug-likeness (QED) is 0.599. The van der Waals surface area contributed by atoms with E-state index in [4.69, 9.17) is 32.7 Å². The molecule has 8 heteroatoms. The first-order valence-electron chi connectivity index (χ1n) is 8.79. The van der Waals surface area contributed by atoms with Crippen LogP contribution in [0.3, 0.4) is 0 Å². The molecule has 6 nitrogen and oxygen atoms in total. The maximum atomic E-state index is 12.5. The van der Waals surface area contributed by atoms with Crippen molar-refractivity contribution in [3.63, 3.8) is 0 Å². The number of carbonyl (C=O) groups is 2. The van der Waals surface area contributed by atoms with E-state index < -0.39 is 5.92 Å². The Morgan fingerprint density at radius 3 is 2.38 bits per heavy atom. The topological polar surface area (TPSA) is 88.4 Å². The van der Waals surface area contributed by atoms with Crippen LogP contribution in [0.15, 0.2) is 36.4 Å². The fourth-order valence-corrected chi connectivity index (χ4v) is 3.39. The van der Waals surface area contributed by atoms with Crippen LogP contribution in [0.5, 0.6) is 11.5 Å². The van der Waals surface area contributed by atoms with E-state index in [1.165, 1.54) is 14.2 Å². The van der Waals surface area contributed by atoms with Crippen molar-refractivity contribution in [3.05, 3.63) is 52.0 Å². The lowest BCUT2D eigenvalue weighted by molar-refractivity contribution is -0.119. The SMILES string of the molecule is COc1ccc(OC)c(NC(=O)CCCC(=O)[C@H](C#N)c2c(Cl)cccc2Cl)c1. The van der Waals surface area contributed by atoms with Crippen molar-refractivity contribution < 1.29 is 19.1 Å². The van der Waals surface area contributed by atoms with Crippen LogP contribution in [0.2, 0.25) is 10.0 Å². The molecular weight excluding hydrogens is 415 g/mol. The van der Waals surface area contributed by atoms with Crippen LogP contribution in [0.1, 0.15) is 30.7 Å². The maximum Gasteiger partial charge on any atom is 0.224 e. The molecule has 0 spiro atoms. The highest BCUT2D eigenvalue weighted by Crippen LogP contribution is 2.33. The van der Waals surface area contributed by atoms with E-state index in [0.717, 1.165) is 0 Å². The van der Waals surface area contributed by atoms with E-state index in [9.17, 15) is 14.9 Å². The van der Waals surface area contributed by atoms with Gasteiger partial charge >= 0.3 is 0 Å². The van der Waals surface area contributed by atoms with Gasteiger partial charge in [-0.15, -0.1) is 0 Å². The molecule has 0 radical (unpaired) electrons. The molecule has 0 aliphatic heterocycles. The summed E-state index contributed by atoms with van der Waals surface area (Å²) >= 11 is 12.2. The second-order valence-corrected chi connectivity index (χ2v) is 6.95. The second-order valence-electron chi connectivity index (χ2n) is 6.13. The molecule has 0 unspecified atom stereocenters. The molecule has 1 N–H and O–H groups in total. The minimum atomic E-state index is -1.07. The Morgan fingerprint density at radius 1 is 1.10 bits per heavy atom. The smallest absolute Gasteiger partial charge is 0.224 e. The first kappa shape index (κ1) is 22.5. The molecule has 2 aromatic carbocycles. The van der Waals surface area contributed by atoms with Gasteiger partial charge in [0.1, 0.15) is 17.4 Å². The number of methoxy groups -OCH3 is 2. The van der Waals surface area contributed by atoms with Gasteiger partial charge in [0.05, 0.1) is 26.0 Å². The molecule has 2 rings (SSSR count). The fourth-order valence-electron chi connectivity index (χ4n) is 2.78. The number of hydrogen-bond acceptors (Lipinski definition) is 5. The minimum Gasteiger partial charge on any atom is -0.497 e. The molecule has 0 saturated carbocycles. The van der Waals surface area contributed by atoms with Gasteiger partial charge in [-0.2, -0.15) is 5.26 Å². The van der Waals surface area contributed by atoms with Crippen molar-refractivity contribution in [2.75, 3.05) is 19.5 Å². The summed E-state index contributed by atoms with van der Waals surface area (Å²) in [5.41, 5.74) is 0.773. The van der Waals surface area contributed by atoms with Gasteiger partial charge < -0.3 is 14.8 Å². The number of ether oxygens (including phenoxy) is 2. The summed E-state index contributed by atoms with van der Waals surface area (Å²) in [6.07, 6.45) is 0.417. The minimum absolute atomic E-state index is 0.0441. The fraction of sp³-hybridized carbons (Fsp3) is 0.286. The largest absolute Gasteiger partial charge is 0.497 e. The molecule has 0 saturated heterocycles. The number of nitriles is 1. The number of anilines is 1. The molecule has 152 valence electrons. The van der Waals surface area contributed by atoms with Crippen LogP contribution in [-0.4, -0.2) is 25.9 Å². The molecule has 0 aliphatic carbocycles. The van der Waals surface area contributed by atoms with Crippen molar-refractivity contribution in [3.8, 4) is 17.6 Å². The van der Waals surface area contributed by atoms with Crippen LogP contribution >= 0.6 is 23.2 Å². The third-order valence-electron chi connectivity index (χ3n) is 4.25. The summed E-state index contributed by atoms with van der Waals surface area (Å²) in [5, 5.41) is 12.7. The Labute approximate surface area is 179 Å². The van der Waals surface area contributed by atoms with E-state index in [1.54, 1.807) is 36.4 Å². The monoisotopic (exact) mass is 434 g/mol. The number of rotatable bonds is 9. The van der Waals surface area contributed by atoms with Gasteiger partial charge in [-0.1, -0.05) is 29.3 Å². The molecule has 2 aromatic rings. The van der Waals surface area contributed by atoms with E-state index >= 15 is 0 Å². The third kappa shape index (κ3) is 5.86. The highest BCUT2D eigenvalue weighted by molar-refractivity contribution is 6.36. The zero-order chi connectivity index (χ0) is 21.4.